The Labute approximate surface area is 111 Å². The zero-order valence-electron chi connectivity index (χ0n) is 10.7. The topological polar surface area (TPSA) is 73.2 Å². The van der Waals surface area contributed by atoms with Crippen molar-refractivity contribution in [3.63, 3.8) is 0 Å². The van der Waals surface area contributed by atoms with Gasteiger partial charge in [0.2, 0.25) is 5.91 Å². The van der Waals surface area contributed by atoms with Crippen LogP contribution in [0.3, 0.4) is 0 Å². The number of allylic oxidation sites excluding steroid dienone is 1. The Morgan fingerprint density at radius 3 is 2.53 bits per heavy atom. The fraction of sp³-hybridized carbons (Fsp3) is 0.286. The SMILES string of the molecule is C=C(C=N)c1ccc(C(O)C(CF)NC(C)=O)cc1. The Morgan fingerprint density at radius 1 is 1.53 bits per heavy atom. The lowest BCUT2D eigenvalue weighted by Crippen LogP contribution is -2.39. The number of alkyl halides is 1. The van der Waals surface area contributed by atoms with E-state index in [-0.39, 0.29) is 0 Å². The third-order valence-corrected chi connectivity index (χ3v) is 2.73. The van der Waals surface area contributed by atoms with E-state index in [1.807, 2.05) is 0 Å². The summed E-state index contributed by atoms with van der Waals surface area (Å²) in [5.41, 5.74) is 1.80. The first-order chi connectivity index (χ1) is 8.99. The van der Waals surface area contributed by atoms with Crippen LogP contribution in [0.5, 0.6) is 0 Å². The van der Waals surface area contributed by atoms with Crippen LogP contribution < -0.4 is 5.32 Å². The van der Waals surface area contributed by atoms with Crippen molar-refractivity contribution in [2.45, 2.75) is 19.1 Å². The summed E-state index contributed by atoms with van der Waals surface area (Å²) >= 11 is 0. The lowest BCUT2D eigenvalue weighted by atomic mass is 9.99. The summed E-state index contributed by atoms with van der Waals surface area (Å²) in [5.74, 6) is -0.393. The summed E-state index contributed by atoms with van der Waals surface area (Å²) in [6.07, 6.45) is 0.0174. The van der Waals surface area contributed by atoms with Gasteiger partial charge in [0.1, 0.15) is 12.8 Å². The molecule has 102 valence electrons. The first kappa shape index (κ1) is 15.0. The van der Waals surface area contributed by atoms with Gasteiger partial charge >= 0.3 is 0 Å². The van der Waals surface area contributed by atoms with Crippen LogP contribution in [0.25, 0.3) is 5.57 Å². The van der Waals surface area contributed by atoms with Crippen molar-refractivity contribution in [3.8, 4) is 0 Å². The predicted molar refractivity (Wildman–Crippen MR) is 72.8 cm³/mol. The normalized spacial score (nSPS) is 13.4. The predicted octanol–water partition coefficient (Wildman–Crippen LogP) is 1.86. The van der Waals surface area contributed by atoms with Gasteiger partial charge in [0, 0.05) is 13.1 Å². The molecule has 0 bridgehead atoms. The Balaban J connectivity index is 2.87. The van der Waals surface area contributed by atoms with Crippen molar-refractivity contribution in [1.29, 1.82) is 5.41 Å². The Bertz CT molecular complexity index is 471. The molecule has 2 unspecified atom stereocenters. The average molecular weight is 264 g/mol. The van der Waals surface area contributed by atoms with Crippen LogP contribution in [0.4, 0.5) is 4.39 Å². The molecule has 1 aromatic carbocycles. The van der Waals surface area contributed by atoms with Crippen molar-refractivity contribution in [3.05, 3.63) is 42.0 Å². The highest BCUT2D eigenvalue weighted by Gasteiger charge is 2.21. The van der Waals surface area contributed by atoms with Crippen LogP contribution in [-0.4, -0.2) is 29.9 Å². The maximum absolute atomic E-state index is 12.8. The van der Waals surface area contributed by atoms with Gasteiger partial charge in [0.25, 0.3) is 0 Å². The van der Waals surface area contributed by atoms with Crippen molar-refractivity contribution >= 4 is 17.7 Å². The number of hydrogen-bond acceptors (Lipinski definition) is 3. The Morgan fingerprint density at radius 2 is 2.11 bits per heavy atom. The lowest BCUT2D eigenvalue weighted by Gasteiger charge is -2.21. The summed E-state index contributed by atoms with van der Waals surface area (Å²) < 4.78 is 12.8. The van der Waals surface area contributed by atoms with E-state index < -0.39 is 24.7 Å². The molecule has 19 heavy (non-hydrogen) atoms. The molecule has 2 atom stereocenters. The fourth-order valence-corrected chi connectivity index (χ4v) is 1.67. The monoisotopic (exact) mass is 264 g/mol. The second-order valence-electron chi connectivity index (χ2n) is 4.20. The van der Waals surface area contributed by atoms with Crippen LogP contribution in [0.1, 0.15) is 24.2 Å². The molecule has 1 amide bonds. The molecule has 5 heteroatoms. The second kappa shape index (κ2) is 6.80. The second-order valence-corrected chi connectivity index (χ2v) is 4.20. The number of aliphatic hydroxyl groups is 1. The van der Waals surface area contributed by atoms with Gasteiger partial charge in [-0.15, -0.1) is 0 Å². The Kier molecular flexibility index (Phi) is 5.38. The number of nitrogens with one attached hydrogen (secondary N) is 2. The van der Waals surface area contributed by atoms with Crippen molar-refractivity contribution < 1.29 is 14.3 Å². The van der Waals surface area contributed by atoms with Gasteiger partial charge in [-0.2, -0.15) is 0 Å². The van der Waals surface area contributed by atoms with E-state index in [4.69, 9.17) is 5.41 Å². The summed E-state index contributed by atoms with van der Waals surface area (Å²) in [7, 11) is 0. The highest BCUT2D eigenvalue weighted by atomic mass is 19.1. The molecule has 0 aromatic heterocycles. The third kappa shape index (κ3) is 3.99. The molecule has 0 heterocycles. The first-order valence-corrected chi connectivity index (χ1v) is 5.80. The molecule has 1 aromatic rings. The minimum absolute atomic E-state index is 0.393. The number of amides is 1. The van der Waals surface area contributed by atoms with Gasteiger partial charge in [-0.25, -0.2) is 4.39 Å². The Hall–Kier alpha value is -2.01. The van der Waals surface area contributed by atoms with E-state index >= 15 is 0 Å². The van der Waals surface area contributed by atoms with Gasteiger partial charge in [-0.3, -0.25) is 4.79 Å². The van der Waals surface area contributed by atoms with Crippen LogP contribution in [0.15, 0.2) is 30.8 Å². The van der Waals surface area contributed by atoms with E-state index in [1.165, 1.54) is 6.92 Å². The smallest absolute Gasteiger partial charge is 0.217 e. The third-order valence-electron chi connectivity index (χ3n) is 2.73. The molecule has 0 spiro atoms. The van der Waals surface area contributed by atoms with Crippen molar-refractivity contribution in [2.24, 2.45) is 0 Å². The molecular formula is C14H17FN2O2. The number of rotatable bonds is 6. The van der Waals surface area contributed by atoms with E-state index in [1.54, 1.807) is 24.3 Å². The summed E-state index contributed by atoms with van der Waals surface area (Å²) in [5, 5.41) is 19.4. The number of hydrogen-bond donors (Lipinski definition) is 3. The van der Waals surface area contributed by atoms with Crippen LogP contribution in [0.2, 0.25) is 0 Å². The van der Waals surface area contributed by atoms with Gasteiger partial charge in [-0.1, -0.05) is 30.8 Å². The number of aliphatic hydroxyl groups excluding tert-OH is 1. The highest BCUT2D eigenvalue weighted by Crippen LogP contribution is 2.20. The molecule has 0 saturated carbocycles. The first-order valence-electron chi connectivity index (χ1n) is 5.80. The molecule has 0 radical (unpaired) electrons. The van der Waals surface area contributed by atoms with Crippen molar-refractivity contribution in [1.82, 2.24) is 5.32 Å². The van der Waals surface area contributed by atoms with Crippen LogP contribution >= 0.6 is 0 Å². The lowest BCUT2D eigenvalue weighted by molar-refractivity contribution is -0.120. The average Bonchev–Trinajstić information content (AvgIpc) is 2.43. The minimum atomic E-state index is -1.11. The molecule has 0 saturated heterocycles. The van der Waals surface area contributed by atoms with E-state index in [0.717, 1.165) is 11.8 Å². The highest BCUT2D eigenvalue weighted by molar-refractivity contribution is 6.07. The largest absolute Gasteiger partial charge is 0.386 e. The molecule has 0 aliphatic carbocycles. The minimum Gasteiger partial charge on any atom is -0.386 e. The molecule has 0 aliphatic rings. The maximum atomic E-state index is 12.8. The molecular weight excluding hydrogens is 247 g/mol. The molecule has 1 rings (SSSR count). The quantitative estimate of drug-likeness (QED) is 0.686. The van der Waals surface area contributed by atoms with E-state index in [9.17, 15) is 14.3 Å². The van der Waals surface area contributed by atoms with Gasteiger partial charge < -0.3 is 15.8 Å². The van der Waals surface area contributed by atoms with Gasteiger partial charge in [0.15, 0.2) is 0 Å². The number of benzene rings is 1. The number of carbonyl (C=O) groups excluding carboxylic acids is 1. The van der Waals surface area contributed by atoms with Gasteiger partial charge in [-0.05, 0) is 16.7 Å². The van der Waals surface area contributed by atoms with Crippen LogP contribution in [-0.2, 0) is 4.79 Å². The van der Waals surface area contributed by atoms with Crippen LogP contribution in [0, 0.1) is 5.41 Å². The number of carbonyl (C=O) groups is 1. The van der Waals surface area contributed by atoms with E-state index in [0.29, 0.717) is 11.1 Å². The molecule has 4 nitrogen and oxygen atoms in total. The van der Waals surface area contributed by atoms with Crippen molar-refractivity contribution in [2.75, 3.05) is 6.67 Å². The molecule has 3 N–H and O–H groups in total. The number of halogens is 1. The zero-order chi connectivity index (χ0) is 14.4. The summed E-state index contributed by atoms with van der Waals surface area (Å²) in [6.45, 7) is 4.10. The molecule has 0 fully saturated rings. The maximum Gasteiger partial charge on any atom is 0.217 e. The van der Waals surface area contributed by atoms with Gasteiger partial charge in [0.05, 0.1) is 6.04 Å². The summed E-state index contributed by atoms with van der Waals surface area (Å²) in [4.78, 5) is 10.9. The standard InChI is InChI=1S/C14H17FN2O2/c1-9(8-16)11-3-5-12(6-4-11)14(19)13(7-15)17-10(2)18/h3-6,8,13-14,16,19H,1,7H2,2H3,(H,17,18). The fourth-order valence-electron chi connectivity index (χ4n) is 1.67. The zero-order valence-corrected chi connectivity index (χ0v) is 10.7. The van der Waals surface area contributed by atoms with E-state index in [2.05, 4.69) is 11.9 Å². The summed E-state index contributed by atoms with van der Waals surface area (Å²) in [6, 6.07) is 5.66. The molecule has 0 aliphatic heterocycles.